The van der Waals surface area contributed by atoms with E-state index >= 15 is 0 Å². The number of hydrogen-bond donors (Lipinski definition) is 0. The summed E-state index contributed by atoms with van der Waals surface area (Å²) in [4.78, 5) is 0. The van der Waals surface area contributed by atoms with E-state index in [1.54, 1.807) is 12.3 Å². The van der Waals surface area contributed by atoms with Gasteiger partial charge in [-0.05, 0) is 24.6 Å². The highest BCUT2D eigenvalue weighted by molar-refractivity contribution is 5.32. The Morgan fingerprint density at radius 3 is 2.88 bits per heavy atom. The number of nitrogens with zero attached hydrogens (tertiary/aromatic N) is 2. The number of halogens is 1. The van der Waals surface area contributed by atoms with Crippen molar-refractivity contribution in [2.45, 2.75) is 13.3 Å². The molecule has 2 aromatic rings. The first-order valence-corrected chi connectivity index (χ1v) is 5.52. The molecule has 0 aliphatic heterocycles. The average molecular weight is 234 g/mol. The molecule has 0 amide bonds. The van der Waals surface area contributed by atoms with Gasteiger partial charge in [-0.2, -0.15) is 5.10 Å². The van der Waals surface area contributed by atoms with Crippen molar-refractivity contribution in [3.8, 4) is 5.75 Å². The number of rotatable bonds is 4. The van der Waals surface area contributed by atoms with Crippen molar-refractivity contribution >= 4 is 0 Å². The Balaban J connectivity index is 1.94. The molecule has 0 aliphatic rings. The number of benzene rings is 1. The number of aromatic nitrogens is 2. The Hall–Kier alpha value is -1.84. The summed E-state index contributed by atoms with van der Waals surface area (Å²) in [5.74, 6) is 0.332. The van der Waals surface area contributed by atoms with E-state index in [0.717, 1.165) is 17.7 Å². The molecule has 4 heteroatoms. The van der Waals surface area contributed by atoms with Gasteiger partial charge in [0.15, 0.2) is 0 Å². The van der Waals surface area contributed by atoms with E-state index in [0.29, 0.717) is 12.4 Å². The molecule has 0 radical (unpaired) electrons. The highest BCUT2D eigenvalue weighted by atomic mass is 19.1. The summed E-state index contributed by atoms with van der Waals surface area (Å²) in [7, 11) is 1.89. The zero-order valence-electron chi connectivity index (χ0n) is 9.98. The molecule has 1 aromatic carbocycles. The van der Waals surface area contributed by atoms with Crippen molar-refractivity contribution in [2.24, 2.45) is 7.05 Å². The minimum atomic E-state index is -0.272. The van der Waals surface area contributed by atoms with Crippen LogP contribution in [0.2, 0.25) is 0 Å². The minimum Gasteiger partial charge on any atom is -0.493 e. The maximum atomic E-state index is 13.0. The standard InChI is InChI=1S/C13H15FN2O/c1-10-3-4-11(14)9-13(10)17-8-6-12-5-7-15-16(12)2/h3-5,7,9H,6,8H2,1-2H3. The third-order valence-electron chi connectivity index (χ3n) is 2.69. The fourth-order valence-electron chi connectivity index (χ4n) is 1.64. The molecule has 90 valence electrons. The van der Waals surface area contributed by atoms with Gasteiger partial charge in [0.2, 0.25) is 0 Å². The Bertz CT molecular complexity index is 508. The van der Waals surface area contributed by atoms with Gasteiger partial charge in [0.1, 0.15) is 11.6 Å². The van der Waals surface area contributed by atoms with Gasteiger partial charge in [-0.3, -0.25) is 4.68 Å². The molecule has 0 N–H and O–H groups in total. The fraction of sp³-hybridized carbons (Fsp3) is 0.308. The minimum absolute atomic E-state index is 0.272. The summed E-state index contributed by atoms with van der Waals surface area (Å²) in [5, 5.41) is 4.08. The molecular weight excluding hydrogens is 219 g/mol. The molecule has 0 atom stereocenters. The Morgan fingerprint density at radius 2 is 2.18 bits per heavy atom. The Labute approximate surface area is 99.8 Å². The molecule has 0 bridgehead atoms. The van der Waals surface area contributed by atoms with Gasteiger partial charge in [0.25, 0.3) is 0 Å². The molecule has 1 heterocycles. The van der Waals surface area contributed by atoms with Crippen LogP contribution in [0, 0.1) is 12.7 Å². The number of ether oxygens (including phenoxy) is 1. The monoisotopic (exact) mass is 234 g/mol. The van der Waals surface area contributed by atoms with Gasteiger partial charge < -0.3 is 4.74 Å². The molecular formula is C13H15FN2O. The molecule has 0 saturated carbocycles. The summed E-state index contributed by atoms with van der Waals surface area (Å²) < 4.78 is 20.4. The predicted octanol–water partition coefficient (Wildman–Crippen LogP) is 2.49. The van der Waals surface area contributed by atoms with Crippen LogP contribution < -0.4 is 4.74 Å². The van der Waals surface area contributed by atoms with Crippen molar-refractivity contribution in [3.05, 3.63) is 47.5 Å². The summed E-state index contributed by atoms with van der Waals surface area (Å²) >= 11 is 0. The van der Waals surface area contributed by atoms with Crippen LogP contribution in [-0.4, -0.2) is 16.4 Å². The van der Waals surface area contributed by atoms with Crippen LogP contribution in [0.25, 0.3) is 0 Å². The second-order valence-corrected chi connectivity index (χ2v) is 3.95. The van der Waals surface area contributed by atoms with Crippen molar-refractivity contribution in [1.29, 1.82) is 0 Å². The number of aryl methyl sites for hydroxylation is 2. The zero-order valence-corrected chi connectivity index (χ0v) is 9.98. The van der Waals surface area contributed by atoms with Gasteiger partial charge in [0.05, 0.1) is 6.61 Å². The highest BCUT2D eigenvalue weighted by Gasteiger charge is 2.03. The Kier molecular flexibility index (Phi) is 3.42. The lowest BCUT2D eigenvalue weighted by molar-refractivity contribution is 0.314. The molecule has 0 fully saturated rings. The highest BCUT2D eigenvalue weighted by Crippen LogP contribution is 2.18. The molecule has 0 saturated heterocycles. The quantitative estimate of drug-likeness (QED) is 0.812. The van der Waals surface area contributed by atoms with Gasteiger partial charge >= 0.3 is 0 Å². The van der Waals surface area contributed by atoms with Crippen molar-refractivity contribution < 1.29 is 9.13 Å². The lowest BCUT2D eigenvalue weighted by Crippen LogP contribution is -2.06. The molecule has 0 unspecified atom stereocenters. The van der Waals surface area contributed by atoms with Crippen LogP contribution in [0.15, 0.2) is 30.5 Å². The third-order valence-corrected chi connectivity index (χ3v) is 2.69. The second kappa shape index (κ2) is 4.99. The molecule has 0 spiro atoms. The van der Waals surface area contributed by atoms with Gasteiger partial charge in [-0.1, -0.05) is 6.07 Å². The average Bonchev–Trinajstić information content (AvgIpc) is 2.70. The van der Waals surface area contributed by atoms with Crippen LogP contribution >= 0.6 is 0 Å². The molecule has 3 nitrogen and oxygen atoms in total. The predicted molar refractivity (Wildman–Crippen MR) is 63.5 cm³/mol. The lowest BCUT2D eigenvalue weighted by Gasteiger charge is -2.09. The molecule has 1 aromatic heterocycles. The van der Waals surface area contributed by atoms with E-state index < -0.39 is 0 Å². The summed E-state index contributed by atoms with van der Waals surface area (Å²) in [6.07, 6.45) is 2.51. The lowest BCUT2D eigenvalue weighted by atomic mass is 10.2. The van der Waals surface area contributed by atoms with Crippen molar-refractivity contribution in [2.75, 3.05) is 6.61 Å². The van der Waals surface area contributed by atoms with E-state index in [1.807, 2.05) is 24.7 Å². The normalized spacial score (nSPS) is 10.5. The van der Waals surface area contributed by atoms with Crippen LogP contribution in [-0.2, 0) is 13.5 Å². The maximum absolute atomic E-state index is 13.0. The van der Waals surface area contributed by atoms with E-state index in [4.69, 9.17) is 4.74 Å². The first-order chi connectivity index (χ1) is 8.16. The van der Waals surface area contributed by atoms with Crippen LogP contribution in [0.5, 0.6) is 5.75 Å². The SMILES string of the molecule is Cc1ccc(F)cc1OCCc1ccnn1C. The first kappa shape index (κ1) is 11.6. The van der Waals surface area contributed by atoms with E-state index in [2.05, 4.69) is 5.10 Å². The summed E-state index contributed by atoms with van der Waals surface area (Å²) in [6, 6.07) is 6.51. The molecule has 17 heavy (non-hydrogen) atoms. The largest absolute Gasteiger partial charge is 0.493 e. The van der Waals surface area contributed by atoms with Gasteiger partial charge in [-0.15, -0.1) is 0 Å². The third kappa shape index (κ3) is 2.84. The van der Waals surface area contributed by atoms with E-state index in [9.17, 15) is 4.39 Å². The molecule has 0 aliphatic carbocycles. The topological polar surface area (TPSA) is 27.1 Å². The smallest absolute Gasteiger partial charge is 0.126 e. The van der Waals surface area contributed by atoms with E-state index in [1.165, 1.54) is 12.1 Å². The van der Waals surface area contributed by atoms with Crippen LogP contribution in [0.4, 0.5) is 4.39 Å². The fourth-order valence-corrected chi connectivity index (χ4v) is 1.64. The molecule has 2 rings (SSSR count). The summed E-state index contributed by atoms with van der Waals surface area (Å²) in [5.41, 5.74) is 2.04. The summed E-state index contributed by atoms with van der Waals surface area (Å²) in [6.45, 7) is 2.42. The Morgan fingerprint density at radius 1 is 1.35 bits per heavy atom. The second-order valence-electron chi connectivity index (χ2n) is 3.95. The van der Waals surface area contributed by atoms with Crippen molar-refractivity contribution in [1.82, 2.24) is 9.78 Å². The zero-order chi connectivity index (χ0) is 12.3. The maximum Gasteiger partial charge on any atom is 0.126 e. The van der Waals surface area contributed by atoms with Crippen LogP contribution in [0.1, 0.15) is 11.3 Å². The van der Waals surface area contributed by atoms with E-state index in [-0.39, 0.29) is 5.82 Å². The first-order valence-electron chi connectivity index (χ1n) is 5.52. The van der Waals surface area contributed by atoms with Gasteiger partial charge in [-0.25, -0.2) is 4.39 Å². The van der Waals surface area contributed by atoms with Gasteiger partial charge in [0, 0.05) is 31.4 Å². The number of hydrogen-bond acceptors (Lipinski definition) is 2. The van der Waals surface area contributed by atoms with Crippen molar-refractivity contribution in [3.63, 3.8) is 0 Å². The van der Waals surface area contributed by atoms with Crippen LogP contribution in [0.3, 0.4) is 0 Å².